The van der Waals surface area contributed by atoms with Crippen molar-refractivity contribution in [2.75, 3.05) is 0 Å². The molecule has 0 radical (unpaired) electrons. The third kappa shape index (κ3) is 4.38. The van der Waals surface area contributed by atoms with Gasteiger partial charge in [0, 0.05) is 6.54 Å². The highest BCUT2D eigenvalue weighted by Crippen LogP contribution is 2.43. The van der Waals surface area contributed by atoms with Crippen molar-refractivity contribution >= 4 is 15.7 Å². The summed E-state index contributed by atoms with van der Waals surface area (Å²) in [4.78, 5) is 14.4. The fraction of sp³-hybridized carbons (Fsp3) is 0.250. The molecule has 1 heterocycles. The van der Waals surface area contributed by atoms with Gasteiger partial charge in [0.05, 0.1) is 10.9 Å². The van der Waals surface area contributed by atoms with Crippen molar-refractivity contribution < 1.29 is 18.3 Å². The van der Waals surface area contributed by atoms with E-state index in [1.807, 2.05) is 62.4 Å². The summed E-state index contributed by atoms with van der Waals surface area (Å²) in [5, 5.41) is 10.9. The third-order valence-electron chi connectivity index (χ3n) is 6.27. The van der Waals surface area contributed by atoms with Crippen molar-refractivity contribution in [2.24, 2.45) is 0 Å². The van der Waals surface area contributed by atoms with Crippen LogP contribution in [0.25, 0.3) is 0 Å². The van der Waals surface area contributed by atoms with Gasteiger partial charge in [-0.15, -0.1) is 0 Å². The van der Waals surface area contributed by atoms with Crippen molar-refractivity contribution in [3.8, 4) is 0 Å². The number of hydrogen-bond donors (Lipinski definition) is 1. The lowest BCUT2D eigenvalue weighted by Gasteiger charge is -2.27. The second kappa shape index (κ2) is 9.11. The van der Waals surface area contributed by atoms with E-state index in [1.165, 1.54) is 17.0 Å². The van der Waals surface area contributed by atoms with E-state index in [1.54, 1.807) is 12.1 Å². The van der Waals surface area contributed by atoms with Crippen molar-refractivity contribution in [1.82, 2.24) is 4.90 Å². The van der Waals surface area contributed by atoms with Gasteiger partial charge >= 0.3 is 0 Å². The molecule has 0 fully saturated rings. The fourth-order valence-corrected chi connectivity index (χ4v) is 5.84. The minimum atomic E-state index is -4.13. The van der Waals surface area contributed by atoms with E-state index in [0.717, 1.165) is 22.3 Å². The smallest absolute Gasteiger partial charge is 0.290 e. The van der Waals surface area contributed by atoms with Gasteiger partial charge in [-0.3, -0.25) is 4.79 Å². The van der Waals surface area contributed by atoms with E-state index in [-0.39, 0.29) is 16.3 Å². The van der Waals surface area contributed by atoms with Crippen LogP contribution in [0.1, 0.15) is 53.6 Å². The predicted octanol–water partition coefficient (Wildman–Crippen LogP) is 5.75. The Kier molecular flexibility index (Phi) is 6.36. The quantitative estimate of drug-likeness (QED) is 0.492. The van der Waals surface area contributed by atoms with E-state index in [0.29, 0.717) is 11.5 Å². The van der Waals surface area contributed by atoms with Gasteiger partial charge in [0.1, 0.15) is 4.91 Å². The minimum Gasteiger partial charge on any atom is -0.502 e. The normalized spacial score (nSPS) is 16.6. The van der Waals surface area contributed by atoms with Crippen molar-refractivity contribution in [2.45, 2.75) is 51.1 Å². The molecule has 176 valence electrons. The monoisotopic (exact) mass is 475 g/mol. The summed E-state index contributed by atoms with van der Waals surface area (Å²) in [6.45, 7) is 8.18. The van der Waals surface area contributed by atoms with Crippen LogP contribution in [0.3, 0.4) is 0 Å². The summed E-state index contributed by atoms with van der Waals surface area (Å²) in [5.74, 6) is -1.10. The van der Waals surface area contributed by atoms with Crippen LogP contribution in [0.4, 0.5) is 0 Å². The van der Waals surface area contributed by atoms with Crippen LogP contribution in [-0.2, 0) is 21.2 Å². The number of aliphatic hydroxyl groups excluding tert-OH is 1. The van der Waals surface area contributed by atoms with Gasteiger partial charge in [0.25, 0.3) is 5.91 Å². The van der Waals surface area contributed by atoms with Crippen LogP contribution in [0, 0.1) is 13.8 Å². The summed E-state index contributed by atoms with van der Waals surface area (Å²) in [6, 6.07) is 20.8. The van der Waals surface area contributed by atoms with Gasteiger partial charge in [0.2, 0.25) is 9.84 Å². The lowest BCUT2D eigenvalue weighted by molar-refractivity contribution is -0.130. The summed E-state index contributed by atoms with van der Waals surface area (Å²) in [7, 11) is -4.13. The topological polar surface area (TPSA) is 74.7 Å². The SMILES string of the molecule is Cc1ccc(CN2C(=O)C(O)=C(S(=O)(=O)c3ccc(C)cc3)[C@@H]2c2ccc(C(C)C)cc2)cc1. The Morgan fingerprint density at radius 1 is 0.853 bits per heavy atom. The lowest BCUT2D eigenvalue weighted by atomic mass is 9.98. The maximum Gasteiger partial charge on any atom is 0.290 e. The molecule has 5 nitrogen and oxygen atoms in total. The highest BCUT2D eigenvalue weighted by molar-refractivity contribution is 7.95. The number of sulfone groups is 1. The molecule has 1 atom stereocenters. The number of carbonyl (C=O) groups excluding carboxylic acids is 1. The van der Waals surface area contributed by atoms with Crippen LogP contribution in [-0.4, -0.2) is 24.3 Å². The maximum absolute atomic E-state index is 13.7. The van der Waals surface area contributed by atoms with Gasteiger partial charge in [-0.1, -0.05) is 85.6 Å². The number of benzene rings is 3. The van der Waals surface area contributed by atoms with Gasteiger partial charge in [-0.05, 0) is 48.6 Å². The van der Waals surface area contributed by atoms with Crippen molar-refractivity contribution in [3.05, 3.63) is 111 Å². The summed E-state index contributed by atoms with van der Waals surface area (Å²) in [5.41, 5.74) is 4.60. The minimum absolute atomic E-state index is 0.0495. The number of nitrogens with zero attached hydrogens (tertiary/aromatic N) is 1. The Bertz CT molecular complexity index is 1340. The lowest BCUT2D eigenvalue weighted by Crippen LogP contribution is -2.30. The molecule has 1 aliphatic rings. The number of hydrogen-bond acceptors (Lipinski definition) is 4. The molecule has 4 rings (SSSR count). The standard InChI is InChI=1S/C28H29NO4S/c1-18(2)22-11-13-23(14-12-22)25-27(34(32,33)24-15-7-20(4)8-16-24)26(30)28(31)29(25)17-21-9-5-19(3)6-10-21/h5-16,18,25,30H,17H2,1-4H3/t25-/m0/s1. The molecule has 34 heavy (non-hydrogen) atoms. The molecule has 0 aliphatic carbocycles. The second-order valence-electron chi connectivity index (χ2n) is 9.17. The van der Waals surface area contributed by atoms with Gasteiger partial charge in [0.15, 0.2) is 5.76 Å². The van der Waals surface area contributed by atoms with Crippen LogP contribution in [0.15, 0.2) is 88.4 Å². The molecular formula is C28H29NO4S. The molecule has 1 aliphatic heterocycles. The van der Waals surface area contributed by atoms with E-state index >= 15 is 0 Å². The summed E-state index contributed by atoms with van der Waals surface area (Å²) < 4.78 is 27.4. The summed E-state index contributed by atoms with van der Waals surface area (Å²) >= 11 is 0. The molecule has 0 saturated carbocycles. The molecule has 6 heteroatoms. The molecule has 0 aromatic heterocycles. The maximum atomic E-state index is 13.7. The van der Waals surface area contributed by atoms with Crippen LogP contribution < -0.4 is 0 Å². The number of aryl methyl sites for hydroxylation is 2. The highest BCUT2D eigenvalue weighted by atomic mass is 32.2. The highest BCUT2D eigenvalue weighted by Gasteiger charge is 2.46. The van der Waals surface area contributed by atoms with Crippen LogP contribution in [0.5, 0.6) is 0 Å². The zero-order valence-electron chi connectivity index (χ0n) is 19.8. The van der Waals surface area contributed by atoms with E-state index in [4.69, 9.17) is 0 Å². The average Bonchev–Trinajstić information content (AvgIpc) is 3.06. The first-order chi connectivity index (χ1) is 16.1. The molecule has 3 aromatic rings. The van der Waals surface area contributed by atoms with Gasteiger partial charge < -0.3 is 10.0 Å². The molecule has 1 amide bonds. The molecule has 0 bridgehead atoms. The van der Waals surface area contributed by atoms with E-state index < -0.39 is 27.5 Å². The average molecular weight is 476 g/mol. The van der Waals surface area contributed by atoms with Crippen LogP contribution in [0.2, 0.25) is 0 Å². The first kappa shape index (κ1) is 23.8. The zero-order chi connectivity index (χ0) is 24.6. The number of aliphatic hydroxyl groups is 1. The van der Waals surface area contributed by atoms with E-state index in [9.17, 15) is 18.3 Å². The largest absolute Gasteiger partial charge is 0.502 e. The Morgan fingerprint density at radius 2 is 1.38 bits per heavy atom. The molecular weight excluding hydrogens is 446 g/mol. The second-order valence-corrected chi connectivity index (χ2v) is 11.1. The molecule has 1 N–H and O–H groups in total. The molecule has 0 saturated heterocycles. The van der Waals surface area contributed by atoms with E-state index in [2.05, 4.69) is 13.8 Å². The number of rotatable bonds is 6. The van der Waals surface area contributed by atoms with Crippen molar-refractivity contribution in [3.63, 3.8) is 0 Å². The Morgan fingerprint density at radius 3 is 1.91 bits per heavy atom. The molecule has 3 aromatic carbocycles. The first-order valence-corrected chi connectivity index (χ1v) is 12.8. The fourth-order valence-electron chi connectivity index (χ4n) is 4.20. The Hall–Kier alpha value is -3.38. The Balaban J connectivity index is 1.84. The van der Waals surface area contributed by atoms with Crippen molar-refractivity contribution in [1.29, 1.82) is 0 Å². The van der Waals surface area contributed by atoms with Gasteiger partial charge in [-0.25, -0.2) is 8.42 Å². The molecule has 0 unspecified atom stereocenters. The Labute approximate surface area is 201 Å². The summed E-state index contributed by atoms with van der Waals surface area (Å²) in [6.07, 6.45) is 0. The zero-order valence-corrected chi connectivity index (χ0v) is 20.6. The van der Waals surface area contributed by atoms with Gasteiger partial charge in [-0.2, -0.15) is 0 Å². The predicted molar refractivity (Wildman–Crippen MR) is 133 cm³/mol. The molecule has 0 spiro atoms. The first-order valence-electron chi connectivity index (χ1n) is 11.3. The number of amides is 1. The van der Waals surface area contributed by atoms with Crippen LogP contribution >= 0.6 is 0 Å². The third-order valence-corrected chi connectivity index (χ3v) is 8.16. The number of carbonyl (C=O) groups is 1.